The first-order valence-electron chi connectivity index (χ1n) is 9.10. The highest BCUT2D eigenvalue weighted by Gasteiger charge is 2.12. The number of thiazole rings is 1. The normalized spacial score (nSPS) is 12.1. The molecule has 3 rings (SSSR count). The summed E-state index contributed by atoms with van der Waals surface area (Å²) < 4.78 is 7.56. The Hall–Kier alpha value is -2.51. The lowest BCUT2D eigenvalue weighted by Crippen LogP contribution is -2.22. The first-order valence-corrected chi connectivity index (χ1v) is 10.8. The molecule has 5 nitrogen and oxygen atoms in total. The van der Waals surface area contributed by atoms with E-state index in [1.54, 1.807) is 22.0 Å². The molecule has 2 aromatic heterocycles. The zero-order valence-corrected chi connectivity index (χ0v) is 17.5. The minimum atomic E-state index is -0.377. The maximum Gasteiger partial charge on any atom is 0.325 e. The fourth-order valence-electron chi connectivity index (χ4n) is 2.76. The highest BCUT2D eigenvalue weighted by atomic mass is 32.1. The summed E-state index contributed by atoms with van der Waals surface area (Å²) in [4.78, 5) is 29.9. The van der Waals surface area contributed by atoms with Crippen LogP contribution in [0.25, 0.3) is 16.3 Å². The third kappa shape index (κ3) is 5.05. The quantitative estimate of drug-likeness (QED) is 0.425. The molecule has 0 N–H and O–H groups in total. The van der Waals surface area contributed by atoms with Crippen LogP contribution in [0.2, 0.25) is 0 Å². The highest BCUT2D eigenvalue weighted by molar-refractivity contribution is 7.16. The molecular formula is C21H22N2O3S2. The predicted octanol–water partition coefficient (Wildman–Crippen LogP) is 4.42. The number of rotatable bonds is 7. The number of hydrogen-bond acceptors (Lipinski definition) is 5. The van der Waals surface area contributed by atoms with Gasteiger partial charge in [0.25, 0.3) is 5.91 Å². The second-order valence-corrected chi connectivity index (χ2v) is 8.24. The number of aryl methyl sites for hydroxylation is 1. The lowest BCUT2D eigenvalue weighted by atomic mass is 10.1. The predicted molar refractivity (Wildman–Crippen MR) is 114 cm³/mol. The average molecular weight is 415 g/mol. The number of benzene rings is 1. The SMILES string of the molecule is CCCCc1ccc2c(c1)sc(=NC(=O)/C=C/c1cccs1)n2CC(=O)OC. The van der Waals surface area contributed by atoms with Gasteiger partial charge in [-0.3, -0.25) is 9.59 Å². The van der Waals surface area contributed by atoms with Crippen molar-refractivity contribution in [2.45, 2.75) is 32.7 Å². The molecular weight excluding hydrogens is 392 g/mol. The Morgan fingerprint density at radius 1 is 1.29 bits per heavy atom. The van der Waals surface area contributed by atoms with Crippen LogP contribution in [-0.2, 0) is 27.3 Å². The van der Waals surface area contributed by atoms with Gasteiger partial charge in [-0.15, -0.1) is 11.3 Å². The van der Waals surface area contributed by atoms with E-state index in [9.17, 15) is 9.59 Å². The fraction of sp³-hybridized carbons (Fsp3) is 0.286. The summed E-state index contributed by atoms with van der Waals surface area (Å²) in [6.07, 6.45) is 6.47. The van der Waals surface area contributed by atoms with E-state index in [-0.39, 0.29) is 18.4 Å². The van der Waals surface area contributed by atoms with E-state index < -0.39 is 0 Å². The Bertz CT molecular complexity index is 1060. The Morgan fingerprint density at radius 3 is 2.86 bits per heavy atom. The number of fused-ring (bicyclic) bond motifs is 1. The molecule has 146 valence electrons. The van der Waals surface area contributed by atoms with E-state index >= 15 is 0 Å². The molecule has 0 aliphatic rings. The Labute approximate surface area is 171 Å². The summed E-state index contributed by atoms with van der Waals surface area (Å²) in [7, 11) is 1.35. The molecule has 1 aromatic carbocycles. The zero-order valence-electron chi connectivity index (χ0n) is 15.9. The molecule has 1 amide bonds. The molecule has 0 unspecified atom stereocenters. The van der Waals surface area contributed by atoms with Crippen LogP contribution in [0.15, 0.2) is 46.8 Å². The van der Waals surface area contributed by atoms with Crippen molar-refractivity contribution in [3.63, 3.8) is 0 Å². The van der Waals surface area contributed by atoms with Crippen molar-refractivity contribution in [1.82, 2.24) is 4.57 Å². The van der Waals surface area contributed by atoms with Crippen molar-refractivity contribution in [2.24, 2.45) is 4.99 Å². The van der Waals surface area contributed by atoms with Gasteiger partial charge in [0, 0.05) is 11.0 Å². The first kappa shape index (κ1) is 20.2. The molecule has 0 aliphatic heterocycles. The largest absolute Gasteiger partial charge is 0.468 e. The third-order valence-electron chi connectivity index (χ3n) is 4.22. The number of nitrogens with zero attached hydrogens (tertiary/aromatic N) is 2. The monoisotopic (exact) mass is 414 g/mol. The summed E-state index contributed by atoms with van der Waals surface area (Å²) >= 11 is 2.97. The van der Waals surface area contributed by atoms with Gasteiger partial charge in [-0.05, 0) is 48.1 Å². The van der Waals surface area contributed by atoms with E-state index in [1.165, 1.54) is 30.1 Å². The number of carbonyl (C=O) groups excluding carboxylic acids is 2. The van der Waals surface area contributed by atoms with E-state index in [2.05, 4.69) is 24.0 Å². The van der Waals surface area contributed by atoms with Gasteiger partial charge in [0.15, 0.2) is 4.80 Å². The number of methoxy groups -OCH3 is 1. The van der Waals surface area contributed by atoms with Crippen molar-refractivity contribution in [2.75, 3.05) is 7.11 Å². The number of esters is 1. The number of carbonyl (C=O) groups is 2. The topological polar surface area (TPSA) is 60.7 Å². The maximum absolute atomic E-state index is 12.3. The van der Waals surface area contributed by atoms with Crippen molar-refractivity contribution in [3.8, 4) is 0 Å². The molecule has 0 saturated carbocycles. The van der Waals surface area contributed by atoms with Crippen LogP contribution in [0.3, 0.4) is 0 Å². The number of aromatic nitrogens is 1. The van der Waals surface area contributed by atoms with Crippen molar-refractivity contribution in [1.29, 1.82) is 0 Å². The Kier molecular flexibility index (Phi) is 6.95. The minimum absolute atomic E-state index is 0.0194. The van der Waals surface area contributed by atoms with Crippen molar-refractivity contribution >= 4 is 50.8 Å². The van der Waals surface area contributed by atoms with Crippen molar-refractivity contribution in [3.05, 3.63) is 57.0 Å². The van der Waals surface area contributed by atoms with Crippen LogP contribution < -0.4 is 4.80 Å². The summed E-state index contributed by atoms with van der Waals surface area (Å²) in [5.41, 5.74) is 2.13. The van der Waals surface area contributed by atoms with Gasteiger partial charge in [0.05, 0.1) is 17.3 Å². The fourth-order valence-corrected chi connectivity index (χ4v) is 4.47. The van der Waals surface area contributed by atoms with Gasteiger partial charge < -0.3 is 9.30 Å². The molecule has 2 heterocycles. The molecule has 28 heavy (non-hydrogen) atoms. The first-order chi connectivity index (χ1) is 13.6. The molecule has 0 spiro atoms. The highest BCUT2D eigenvalue weighted by Crippen LogP contribution is 2.20. The lowest BCUT2D eigenvalue weighted by molar-refractivity contribution is -0.141. The zero-order chi connectivity index (χ0) is 19.9. The third-order valence-corrected chi connectivity index (χ3v) is 6.10. The van der Waals surface area contributed by atoms with Crippen LogP contribution in [0.1, 0.15) is 30.2 Å². The van der Waals surface area contributed by atoms with E-state index in [1.807, 2.05) is 23.6 Å². The molecule has 7 heteroatoms. The van der Waals surface area contributed by atoms with E-state index in [0.29, 0.717) is 4.80 Å². The number of thiophene rings is 1. The standard InChI is InChI=1S/C21H22N2O3S2/c1-3-4-6-15-8-10-17-18(13-15)28-21(23(17)14-20(25)26-2)22-19(24)11-9-16-7-5-12-27-16/h5,7-13H,3-4,6,14H2,1-2H3/b11-9+,22-21?. The summed E-state index contributed by atoms with van der Waals surface area (Å²) in [5.74, 6) is -0.734. The minimum Gasteiger partial charge on any atom is -0.468 e. The number of hydrogen-bond donors (Lipinski definition) is 0. The second kappa shape index (κ2) is 9.61. The van der Waals surface area contributed by atoms with Crippen LogP contribution in [0.5, 0.6) is 0 Å². The Morgan fingerprint density at radius 2 is 2.14 bits per heavy atom. The summed E-state index contributed by atoms with van der Waals surface area (Å²) in [6.45, 7) is 2.19. The van der Waals surface area contributed by atoms with Gasteiger partial charge in [-0.2, -0.15) is 4.99 Å². The van der Waals surface area contributed by atoms with Gasteiger partial charge in [-0.25, -0.2) is 0 Å². The molecule has 0 saturated heterocycles. The molecule has 0 aliphatic carbocycles. The van der Waals surface area contributed by atoms with E-state index in [4.69, 9.17) is 4.74 Å². The molecule has 0 fully saturated rings. The van der Waals surface area contributed by atoms with Gasteiger partial charge in [0.1, 0.15) is 6.54 Å². The lowest BCUT2D eigenvalue weighted by Gasteiger charge is -2.04. The second-order valence-electron chi connectivity index (χ2n) is 6.25. The molecule has 0 radical (unpaired) electrons. The van der Waals surface area contributed by atoms with Gasteiger partial charge in [-0.1, -0.05) is 36.8 Å². The number of ether oxygens (including phenoxy) is 1. The number of amides is 1. The summed E-state index contributed by atoms with van der Waals surface area (Å²) in [5, 5.41) is 1.95. The Balaban J connectivity index is 1.99. The van der Waals surface area contributed by atoms with Crippen molar-refractivity contribution < 1.29 is 14.3 Å². The van der Waals surface area contributed by atoms with Gasteiger partial charge in [0.2, 0.25) is 0 Å². The molecule has 3 aromatic rings. The van der Waals surface area contributed by atoms with Crippen LogP contribution >= 0.6 is 22.7 Å². The molecule has 0 atom stereocenters. The van der Waals surface area contributed by atoms with Gasteiger partial charge >= 0.3 is 5.97 Å². The summed E-state index contributed by atoms with van der Waals surface area (Å²) in [6, 6.07) is 10.0. The van der Waals surface area contributed by atoms with Crippen LogP contribution in [-0.4, -0.2) is 23.6 Å². The number of unbranched alkanes of at least 4 members (excludes halogenated alkanes) is 1. The van der Waals surface area contributed by atoms with Crippen LogP contribution in [0, 0.1) is 0 Å². The van der Waals surface area contributed by atoms with Crippen LogP contribution in [0.4, 0.5) is 0 Å². The molecule has 0 bridgehead atoms. The van der Waals surface area contributed by atoms with E-state index in [0.717, 1.165) is 34.4 Å². The smallest absolute Gasteiger partial charge is 0.325 e. The average Bonchev–Trinajstić information content (AvgIpc) is 3.32. The maximum atomic E-state index is 12.3.